The second kappa shape index (κ2) is 11.2. The number of sulfone groups is 1. The lowest BCUT2D eigenvalue weighted by Gasteiger charge is -2.38. The molecule has 9 heteroatoms. The van der Waals surface area contributed by atoms with Crippen molar-refractivity contribution in [3.05, 3.63) is 59.1 Å². The summed E-state index contributed by atoms with van der Waals surface area (Å²) >= 11 is 6.33. The average Bonchev–Trinajstić information content (AvgIpc) is 2.71. The highest BCUT2D eigenvalue weighted by molar-refractivity contribution is 14.0. The van der Waals surface area contributed by atoms with Crippen LogP contribution in [0.3, 0.4) is 0 Å². The number of para-hydroxylation sites is 1. The molecule has 2 aromatic rings. The maximum atomic E-state index is 11.6. The van der Waals surface area contributed by atoms with Gasteiger partial charge in [-0.05, 0) is 36.8 Å². The second-order valence-electron chi connectivity index (χ2n) is 7.01. The molecular formula is C21H28ClIN4O2S. The summed E-state index contributed by atoms with van der Waals surface area (Å²) in [7, 11) is -3.18. The van der Waals surface area contributed by atoms with Crippen LogP contribution in [0.2, 0.25) is 5.02 Å². The number of anilines is 1. The smallest absolute Gasteiger partial charge is 0.194 e. The van der Waals surface area contributed by atoms with E-state index < -0.39 is 9.84 Å². The van der Waals surface area contributed by atoms with Crippen molar-refractivity contribution in [3.63, 3.8) is 0 Å². The number of aliphatic imine (C=N–C) groups is 1. The molecule has 1 aliphatic heterocycles. The Labute approximate surface area is 201 Å². The summed E-state index contributed by atoms with van der Waals surface area (Å²) < 4.78 is 23.2. The molecule has 0 aliphatic carbocycles. The van der Waals surface area contributed by atoms with Crippen LogP contribution in [0.15, 0.2) is 58.4 Å². The third kappa shape index (κ3) is 6.49. The number of nitrogens with zero attached hydrogens (tertiary/aromatic N) is 3. The molecule has 0 unspecified atom stereocenters. The van der Waals surface area contributed by atoms with E-state index in [-0.39, 0.29) is 24.0 Å². The maximum absolute atomic E-state index is 11.6. The number of benzene rings is 2. The van der Waals surface area contributed by atoms with Gasteiger partial charge in [0.2, 0.25) is 0 Å². The Morgan fingerprint density at radius 2 is 1.70 bits per heavy atom. The largest absolute Gasteiger partial charge is 0.367 e. The van der Waals surface area contributed by atoms with E-state index in [2.05, 4.69) is 28.1 Å². The molecule has 1 aliphatic rings. The molecule has 0 bridgehead atoms. The van der Waals surface area contributed by atoms with Gasteiger partial charge in [0.15, 0.2) is 15.8 Å². The Bertz CT molecular complexity index is 959. The minimum Gasteiger partial charge on any atom is -0.367 e. The highest BCUT2D eigenvalue weighted by Crippen LogP contribution is 2.26. The Morgan fingerprint density at radius 3 is 2.27 bits per heavy atom. The molecule has 1 saturated heterocycles. The third-order valence-corrected chi connectivity index (χ3v) is 6.32. The van der Waals surface area contributed by atoms with Crippen LogP contribution in [0, 0.1) is 0 Å². The van der Waals surface area contributed by atoms with Crippen LogP contribution in [0.4, 0.5) is 5.69 Å². The summed E-state index contributed by atoms with van der Waals surface area (Å²) in [6, 6.07) is 14.8. The first-order valence-corrected chi connectivity index (χ1v) is 12.0. The van der Waals surface area contributed by atoms with Crippen LogP contribution in [0.25, 0.3) is 0 Å². The Morgan fingerprint density at radius 1 is 1.07 bits per heavy atom. The zero-order chi connectivity index (χ0) is 20.9. The highest BCUT2D eigenvalue weighted by atomic mass is 127. The minimum absolute atomic E-state index is 0. The van der Waals surface area contributed by atoms with Crippen molar-refractivity contribution in [1.29, 1.82) is 0 Å². The molecule has 0 spiro atoms. The van der Waals surface area contributed by atoms with Crippen molar-refractivity contribution in [3.8, 4) is 0 Å². The predicted octanol–water partition coefficient (Wildman–Crippen LogP) is 3.65. The number of piperazine rings is 1. The van der Waals surface area contributed by atoms with Crippen LogP contribution in [0.5, 0.6) is 0 Å². The first-order chi connectivity index (χ1) is 13.9. The van der Waals surface area contributed by atoms with Gasteiger partial charge >= 0.3 is 0 Å². The van der Waals surface area contributed by atoms with Gasteiger partial charge in [-0.1, -0.05) is 35.9 Å². The molecule has 0 amide bonds. The standard InChI is InChI=1S/C21H27ClN4O2S.HI/c1-3-23-21(24-16-17-8-10-18(11-9-17)29(2,27)28)26-14-12-25(13-15-26)20-7-5-4-6-19(20)22;/h4-11H,3,12-16H2,1-2H3,(H,23,24);1H. The number of halogens is 2. The molecule has 0 radical (unpaired) electrons. The van der Waals surface area contributed by atoms with Gasteiger partial charge in [0.1, 0.15) is 0 Å². The first-order valence-electron chi connectivity index (χ1n) is 9.70. The number of guanidine groups is 1. The minimum atomic E-state index is -3.18. The van der Waals surface area contributed by atoms with Crippen molar-refractivity contribution in [2.75, 3.05) is 43.9 Å². The van der Waals surface area contributed by atoms with Gasteiger partial charge in [0.25, 0.3) is 0 Å². The Balaban J connectivity index is 0.00000320. The number of nitrogens with one attached hydrogen (secondary N) is 1. The average molecular weight is 563 g/mol. The number of hydrogen-bond donors (Lipinski definition) is 1. The van der Waals surface area contributed by atoms with Gasteiger partial charge in [0.05, 0.1) is 22.2 Å². The van der Waals surface area contributed by atoms with Gasteiger partial charge in [-0.25, -0.2) is 13.4 Å². The molecule has 1 N–H and O–H groups in total. The zero-order valence-electron chi connectivity index (χ0n) is 17.2. The van der Waals surface area contributed by atoms with E-state index in [0.29, 0.717) is 11.4 Å². The summed E-state index contributed by atoms with van der Waals surface area (Å²) in [5, 5.41) is 4.14. The van der Waals surface area contributed by atoms with Crippen molar-refractivity contribution in [2.24, 2.45) is 4.99 Å². The summed E-state index contributed by atoms with van der Waals surface area (Å²) in [5.41, 5.74) is 2.05. The fourth-order valence-corrected chi connectivity index (χ4v) is 4.19. The normalized spacial score (nSPS) is 15.0. The molecular weight excluding hydrogens is 535 g/mol. The van der Waals surface area contributed by atoms with Crippen molar-refractivity contribution >= 4 is 57.1 Å². The fraction of sp³-hybridized carbons (Fsp3) is 0.381. The molecule has 30 heavy (non-hydrogen) atoms. The van der Waals surface area contributed by atoms with Crippen molar-refractivity contribution in [1.82, 2.24) is 10.2 Å². The van der Waals surface area contributed by atoms with E-state index in [1.165, 1.54) is 6.26 Å². The molecule has 6 nitrogen and oxygen atoms in total. The lowest BCUT2D eigenvalue weighted by atomic mass is 10.2. The van der Waals surface area contributed by atoms with Crippen molar-refractivity contribution < 1.29 is 8.42 Å². The Hall–Kier alpha value is -1.52. The molecule has 164 valence electrons. The molecule has 2 aromatic carbocycles. The maximum Gasteiger partial charge on any atom is 0.194 e. The predicted molar refractivity (Wildman–Crippen MR) is 135 cm³/mol. The Kier molecular flexibility index (Phi) is 9.24. The number of hydrogen-bond acceptors (Lipinski definition) is 4. The van der Waals surface area contributed by atoms with E-state index in [9.17, 15) is 8.42 Å². The molecule has 0 aromatic heterocycles. The van der Waals surface area contributed by atoms with Crippen LogP contribution < -0.4 is 10.2 Å². The summed E-state index contributed by atoms with van der Waals surface area (Å²) in [6.07, 6.45) is 1.21. The lowest BCUT2D eigenvalue weighted by Crippen LogP contribution is -2.52. The van der Waals surface area contributed by atoms with E-state index in [1.54, 1.807) is 12.1 Å². The first kappa shape index (κ1) is 24.7. The molecule has 3 rings (SSSR count). The van der Waals surface area contributed by atoms with Gasteiger partial charge < -0.3 is 15.1 Å². The lowest BCUT2D eigenvalue weighted by molar-refractivity contribution is 0.372. The number of rotatable bonds is 5. The summed E-state index contributed by atoms with van der Waals surface area (Å²) in [6.45, 7) is 6.78. The fourth-order valence-electron chi connectivity index (χ4n) is 3.30. The van der Waals surface area contributed by atoms with E-state index in [1.807, 2.05) is 30.3 Å². The van der Waals surface area contributed by atoms with E-state index in [4.69, 9.17) is 16.6 Å². The third-order valence-electron chi connectivity index (χ3n) is 4.87. The van der Waals surface area contributed by atoms with Gasteiger partial charge in [-0.2, -0.15) is 0 Å². The highest BCUT2D eigenvalue weighted by Gasteiger charge is 2.21. The van der Waals surface area contributed by atoms with Gasteiger partial charge in [-0.15, -0.1) is 24.0 Å². The van der Waals surface area contributed by atoms with Crippen molar-refractivity contribution in [2.45, 2.75) is 18.4 Å². The van der Waals surface area contributed by atoms with Gasteiger partial charge in [-0.3, -0.25) is 0 Å². The quantitative estimate of drug-likeness (QED) is 0.342. The van der Waals surface area contributed by atoms with Crippen LogP contribution in [-0.4, -0.2) is 58.3 Å². The molecule has 0 saturated carbocycles. The van der Waals surface area contributed by atoms with Crippen LogP contribution >= 0.6 is 35.6 Å². The summed E-state index contributed by atoms with van der Waals surface area (Å²) in [5.74, 6) is 0.874. The van der Waals surface area contributed by atoms with E-state index in [0.717, 1.165) is 55.0 Å². The zero-order valence-corrected chi connectivity index (χ0v) is 21.1. The van der Waals surface area contributed by atoms with E-state index >= 15 is 0 Å². The molecule has 1 fully saturated rings. The SMILES string of the molecule is CCNC(=NCc1ccc(S(C)(=O)=O)cc1)N1CCN(c2ccccc2Cl)CC1.I. The molecule has 0 atom stereocenters. The summed E-state index contributed by atoms with van der Waals surface area (Å²) in [4.78, 5) is 9.63. The van der Waals surface area contributed by atoms with Gasteiger partial charge in [0, 0.05) is 39.0 Å². The second-order valence-corrected chi connectivity index (χ2v) is 9.43. The molecule has 1 heterocycles. The van der Waals surface area contributed by atoms with Crippen LogP contribution in [-0.2, 0) is 16.4 Å². The topological polar surface area (TPSA) is 65.0 Å². The monoisotopic (exact) mass is 562 g/mol. The van der Waals surface area contributed by atoms with Crippen LogP contribution in [0.1, 0.15) is 12.5 Å².